The van der Waals surface area contributed by atoms with E-state index in [0.717, 1.165) is 31.6 Å². The molecule has 2 aliphatic carbocycles. The van der Waals surface area contributed by atoms with Crippen molar-refractivity contribution in [2.75, 3.05) is 0 Å². The molecule has 1 aromatic rings. The number of carbonyl (C=O) groups excluding carboxylic acids is 1. The molecule has 0 unspecified atom stereocenters. The van der Waals surface area contributed by atoms with Crippen molar-refractivity contribution in [3.63, 3.8) is 0 Å². The minimum absolute atomic E-state index is 0.106. The van der Waals surface area contributed by atoms with Gasteiger partial charge in [0.1, 0.15) is 6.10 Å². The summed E-state index contributed by atoms with van der Waals surface area (Å²) in [6.07, 6.45) is 13.4. The highest BCUT2D eigenvalue weighted by molar-refractivity contribution is 5.74. The molecule has 3 heteroatoms. The molecule has 155 valence electrons. The Kier molecular flexibility index (Phi) is 8.36. The maximum absolute atomic E-state index is 13.6. The first kappa shape index (κ1) is 21.3. The maximum Gasteiger partial charge on any atom is 0.340 e. The number of alkyl halides is 1. The molecular weight excluding hydrogens is 351 g/mol. The first-order chi connectivity index (χ1) is 13.7. The SMILES string of the molecule is CCC[C@H](F)C(=O)OC1CCC(c2ccc(CCC3CC[CH]CC3)cc2)CC1. The van der Waals surface area contributed by atoms with Gasteiger partial charge in [0.15, 0.2) is 6.17 Å². The first-order valence-electron chi connectivity index (χ1n) is 11.4. The second kappa shape index (κ2) is 11.0. The Hall–Kier alpha value is -1.38. The summed E-state index contributed by atoms with van der Waals surface area (Å²) in [6.45, 7) is 1.88. The highest BCUT2D eigenvalue weighted by Crippen LogP contribution is 2.35. The van der Waals surface area contributed by atoms with Crippen LogP contribution in [-0.2, 0) is 16.0 Å². The van der Waals surface area contributed by atoms with E-state index in [4.69, 9.17) is 4.74 Å². The zero-order valence-corrected chi connectivity index (χ0v) is 17.4. The van der Waals surface area contributed by atoms with E-state index in [9.17, 15) is 9.18 Å². The van der Waals surface area contributed by atoms with Crippen molar-refractivity contribution < 1.29 is 13.9 Å². The van der Waals surface area contributed by atoms with Crippen LogP contribution in [-0.4, -0.2) is 18.2 Å². The van der Waals surface area contributed by atoms with Crippen LogP contribution in [0.2, 0.25) is 0 Å². The van der Waals surface area contributed by atoms with Crippen LogP contribution < -0.4 is 0 Å². The summed E-state index contributed by atoms with van der Waals surface area (Å²) in [5, 5.41) is 0. The van der Waals surface area contributed by atoms with Crippen LogP contribution in [0, 0.1) is 12.3 Å². The summed E-state index contributed by atoms with van der Waals surface area (Å²) in [6, 6.07) is 9.18. The molecule has 0 saturated heterocycles. The fraction of sp³-hybridized carbons (Fsp3) is 0.680. The highest BCUT2D eigenvalue weighted by Gasteiger charge is 2.27. The quantitative estimate of drug-likeness (QED) is 0.463. The summed E-state index contributed by atoms with van der Waals surface area (Å²) in [4.78, 5) is 11.8. The van der Waals surface area contributed by atoms with Crippen molar-refractivity contribution in [3.8, 4) is 0 Å². The number of benzene rings is 1. The Bertz CT molecular complexity index is 583. The number of hydrogen-bond donors (Lipinski definition) is 0. The number of halogens is 1. The van der Waals surface area contributed by atoms with E-state index in [0.29, 0.717) is 12.3 Å². The fourth-order valence-corrected chi connectivity index (χ4v) is 4.74. The molecule has 28 heavy (non-hydrogen) atoms. The second-order valence-corrected chi connectivity index (χ2v) is 8.76. The van der Waals surface area contributed by atoms with E-state index < -0.39 is 12.1 Å². The molecule has 3 rings (SSSR count). The van der Waals surface area contributed by atoms with Crippen LogP contribution in [0.4, 0.5) is 4.39 Å². The lowest BCUT2D eigenvalue weighted by Gasteiger charge is -2.29. The second-order valence-electron chi connectivity index (χ2n) is 8.76. The van der Waals surface area contributed by atoms with Gasteiger partial charge in [-0.1, -0.05) is 50.5 Å². The van der Waals surface area contributed by atoms with Crippen molar-refractivity contribution in [2.45, 2.75) is 102 Å². The lowest BCUT2D eigenvalue weighted by molar-refractivity contribution is -0.157. The standard InChI is InChI=1S/C25H36FO2/c1-2-6-24(26)25(27)28-23-17-15-22(16-18-23)21-13-11-20(12-14-21)10-9-19-7-4-3-5-8-19/h3,11-14,19,22-24H,2,4-10,15-18H2,1H3/t22?,23?,24-/m0/s1. The first-order valence-corrected chi connectivity index (χ1v) is 11.4. The van der Waals surface area contributed by atoms with Gasteiger partial charge in [0, 0.05) is 0 Å². The molecular formula is C25H36FO2. The van der Waals surface area contributed by atoms with Crippen LogP contribution in [0.15, 0.2) is 24.3 Å². The van der Waals surface area contributed by atoms with Gasteiger partial charge < -0.3 is 4.74 Å². The smallest absolute Gasteiger partial charge is 0.340 e. The van der Waals surface area contributed by atoms with Crippen LogP contribution in [0.5, 0.6) is 0 Å². The van der Waals surface area contributed by atoms with Crippen LogP contribution in [0.3, 0.4) is 0 Å². The van der Waals surface area contributed by atoms with E-state index in [1.807, 2.05) is 6.92 Å². The van der Waals surface area contributed by atoms with E-state index in [1.165, 1.54) is 49.7 Å². The largest absolute Gasteiger partial charge is 0.460 e. The topological polar surface area (TPSA) is 26.3 Å². The van der Waals surface area contributed by atoms with Crippen LogP contribution in [0.25, 0.3) is 0 Å². The molecule has 1 aromatic carbocycles. The number of aryl methyl sites for hydroxylation is 1. The van der Waals surface area contributed by atoms with Crippen LogP contribution in [0.1, 0.15) is 94.6 Å². The third kappa shape index (κ3) is 6.32. The molecule has 1 radical (unpaired) electrons. The molecule has 0 heterocycles. The number of carbonyl (C=O) groups is 1. The van der Waals surface area contributed by atoms with Crippen molar-refractivity contribution in [3.05, 3.63) is 41.8 Å². The molecule has 0 aliphatic heterocycles. The fourth-order valence-electron chi connectivity index (χ4n) is 4.74. The molecule has 2 fully saturated rings. The average Bonchev–Trinajstić information content (AvgIpc) is 2.74. The molecule has 0 N–H and O–H groups in total. The minimum Gasteiger partial charge on any atom is -0.460 e. The highest BCUT2D eigenvalue weighted by atomic mass is 19.1. The minimum atomic E-state index is -1.46. The van der Waals surface area contributed by atoms with Gasteiger partial charge in [-0.15, -0.1) is 0 Å². The van der Waals surface area contributed by atoms with Gasteiger partial charge in [0.2, 0.25) is 0 Å². The Labute approximate surface area is 170 Å². The summed E-state index contributed by atoms with van der Waals surface area (Å²) < 4.78 is 19.0. The Morgan fingerprint density at radius 1 is 1.07 bits per heavy atom. The Morgan fingerprint density at radius 2 is 1.75 bits per heavy atom. The van der Waals surface area contributed by atoms with Crippen LogP contribution >= 0.6 is 0 Å². The van der Waals surface area contributed by atoms with Crippen molar-refractivity contribution in [2.24, 2.45) is 5.92 Å². The lowest BCUT2D eigenvalue weighted by Crippen LogP contribution is -2.28. The predicted octanol–water partition coefficient (Wildman–Crippen LogP) is 6.72. The molecule has 0 amide bonds. The van der Waals surface area contributed by atoms with Crippen molar-refractivity contribution in [1.29, 1.82) is 0 Å². The van der Waals surface area contributed by atoms with Crippen molar-refractivity contribution >= 4 is 5.97 Å². The average molecular weight is 388 g/mol. The summed E-state index contributed by atoms with van der Waals surface area (Å²) in [7, 11) is 0. The molecule has 2 aliphatic rings. The maximum atomic E-state index is 13.6. The predicted molar refractivity (Wildman–Crippen MR) is 112 cm³/mol. The number of hydrogen-bond acceptors (Lipinski definition) is 2. The van der Waals surface area contributed by atoms with Gasteiger partial charge in [-0.2, -0.15) is 0 Å². The van der Waals surface area contributed by atoms with Gasteiger partial charge in [0.25, 0.3) is 0 Å². The summed E-state index contributed by atoms with van der Waals surface area (Å²) in [5.41, 5.74) is 2.85. The number of rotatable bonds is 8. The van der Waals surface area contributed by atoms with E-state index in [-0.39, 0.29) is 12.5 Å². The van der Waals surface area contributed by atoms with Crippen molar-refractivity contribution in [1.82, 2.24) is 0 Å². The molecule has 1 atom stereocenters. The molecule has 2 nitrogen and oxygen atoms in total. The van der Waals surface area contributed by atoms with E-state index >= 15 is 0 Å². The molecule has 0 bridgehead atoms. The van der Waals surface area contributed by atoms with Gasteiger partial charge in [-0.25, -0.2) is 9.18 Å². The molecule has 0 aromatic heterocycles. The number of esters is 1. The molecule has 2 saturated carbocycles. The lowest BCUT2D eigenvalue weighted by atomic mass is 9.82. The monoisotopic (exact) mass is 387 g/mol. The zero-order chi connectivity index (χ0) is 19.8. The summed E-state index contributed by atoms with van der Waals surface area (Å²) >= 11 is 0. The van der Waals surface area contributed by atoms with Gasteiger partial charge in [0.05, 0.1) is 0 Å². The molecule has 0 spiro atoms. The number of ether oxygens (including phenoxy) is 1. The zero-order valence-electron chi connectivity index (χ0n) is 17.4. The van der Waals surface area contributed by atoms with Gasteiger partial charge in [-0.3, -0.25) is 0 Å². The Morgan fingerprint density at radius 3 is 2.39 bits per heavy atom. The third-order valence-corrected chi connectivity index (χ3v) is 6.61. The summed E-state index contributed by atoms with van der Waals surface area (Å²) in [5.74, 6) is 0.782. The van der Waals surface area contributed by atoms with E-state index in [1.54, 1.807) is 0 Å². The normalized spacial score (nSPS) is 24.6. The Balaban J connectivity index is 1.41. The van der Waals surface area contributed by atoms with Gasteiger partial charge in [-0.05, 0) is 87.2 Å². The third-order valence-electron chi connectivity index (χ3n) is 6.61. The van der Waals surface area contributed by atoms with Gasteiger partial charge >= 0.3 is 5.97 Å². The van der Waals surface area contributed by atoms with E-state index in [2.05, 4.69) is 30.7 Å².